The number of carbonyl (C=O) groups excluding carboxylic acids is 4. The second-order valence-electron chi connectivity index (χ2n) is 8.14. The van der Waals surface area contributed by atoms with Crippen molar-refractivity contribution in [3.8, 4) is 0 Å². The molecule has 2 aliphatic rings. The highest BCUT2D eigenvalue weighted by Gasteiger charge is 2.31. The van der Waals surface area contributed by atoms with E-state index in [1.165, 1.54) is 0 Å². The van der Waals surface area contributed by atoms with Crippen LogP contribution in [0.3, 0.4) is 0 Å². The normalized spacial score (nSPS) is 13.5. The number of aliphatic hydroxyl groups excluding tert-OH is 2. The minimum atomic E-state index is -0.595. The van der Waals surface area contributed by atoms with Gasteiger partial charge >= 0.3 is 11.9 Å². The molecule has 2 amide bonds. The molecule has 0 bridgehead atoms. The molecule has 0 spiro atoms. The van der Waals surface area contributed by atoms with Crippen LogP contribution in [0.5, 0.6) is 0 Å². The van der Waals surface area contributed by atoms with E-state index in [0.29, 0.717) is 39.6 Å². The Kier molecular flexibility index (Phi) is 7.69. The van der Waals surface area contributed by atoms with Gasteiger partial charge < -0.3 is 20.7 Å². The molecule has 0 saturated carbocycles. The summed E-state index contributed by atoms with van der Waals surface area (Å²) < 4.78 is 4.63. The number of nitrogens with zero attached hydrogens (tertiary/aromatic N) is 1. The highest BCUT2D eigenvalue weighted by molar-refractivity contribution is 6.25. The minimum absolute atomic E-state index is 0.219. The molecule has 0 unspecified atom stereocenters. The van der Waals surface area contributed by atoms with E-state index in [0.717, 1.165) is 22.1 Å². The second-order valence-corrected chi connectivity index (χ2v) is 8.14. The number of carbonyl (C=O) groups is 4. The number of hydrogen-bond acceptors (Lipinski definition) is 8. The quantitative estimate of drug-likeness (QED) is 0.221. The molecule has 2 heterocycles. The Morgan fingerprint density at radius 1 is 0.649 bits per heavy atom. The van der Waals surface area contributed by atoms with Gasteiger partial charge in [-0.1, -0.05) is 48.5 Å². The maximum Gasteiger partial charge on any atom is 0.346 e. The zero-order chi connectivity index (χ0) is 26.5. The van der Waals surface area contributed by atoms with E-state index < -0.39 is 30.5 Å². The predicted molar refractivity (Wildman–Crippen MR) is 136 cm³/mol. The van der Waals surface area contributed by atoms with Crippen molar-refractivity contribution >= 4 is 45.3 Å². The summed E-state index contributed by atoms with van der Waals surface area (Å²) in [4.78, 5) is 47.7. The summed E-state index contributed by atoms with van der Waals surface area (Å²) in [5.74, 6) is -2.02. The molecule has 0 aliphatic carbocycles. The summed E-state index contributed by atoms with van der Waals surface area (Å²) in [7, 11) is 0. The van der Waals surface area contributed by atoms with Crippen LogP contribution in [0.1, 0.15) is 47.9 Å². The van der Waals surface area contributed by atoms with Crippen molar-refractivity contribution < 1.29 is 34.1 Å². The summed E-state index contributed by atoms with van der Waals surface area (Å²) in [5.41, 5.74) is 6.83. The molecule has 0 atom stereocenters. The van der Waals surface area contributed by atoms with Crippen LogP contribution in [-0.4, -0.2) is 58.7 Å². The molecule has 4 N–H and O–H groups in total. The lowest BCUT2D eigenvalue weighted by molar-refractivity contribution is 0.0386. The first-order valence-corrected chi connectivity index (χ1v) is 11.5. The van der Waals surface area contributed by atoms with Gasteiger partial charge in [0.2, 0.25) is 0 Å². The third kappa shape index (κ3) is 4.83. The lowest BCUT2D eigenvalue weighted by atomic mass is 9.94. The molecule has 9 nitrogen and oxygen atoms in total. The van der Waals surface area contributed by atoms with Crippen LogP contribution in [0, 0.1) is 0 Å². The van der Waals surface area contributed by atoms with E-state index in [4.69, 9.17) is 15.9 Å². The van der Waals surface area contributed by atoms with Crippen LogP contribution in [-0.2, 0) is 4.74 Å². The summed E-state index contributed by atoms with van der Waals surface area (Å²) >= 11 is 0. The lowest BCUT2D eigenvalue weighted by Gasteiger charge is -2.25. The number of benzene rings is 4. The third-order valence-electron chi connectivity index (χ3n) is 5.89. The molecule has 188 valence electrons. The van der Waals surface area contributed by atoms with Gasteiger partial charge in [0.25, 0.3) is 11.8 Å². The smallest absolute Gasteiger partial charge is 0.346 e. The molecule has 4 aromatic rings. The highest BCUT2D eigenvalue weighted by Crippen LogP contribution is 2.30. The van der Waals surface area contributed by atoms with Gasteiger partial charge in [0, 0.05) is 28.5 Å². The number of hydrogen-bond donors (Lipinski definition) is 3. The van der Waals surface area contributed by atoms with Crippen molar-refractivity contribution in [2.45, 2.75) is 6.42 Å². The van der Waals surface area contributed by atoms with Crippen molar-refractivity contribution in [1.29, 1.82) is 0 Å². The fourth-order valence-corrected chi connectivity index (χ4v) is 4.18. The summed E-state index contributed by atoms with van der Waals surface area (Å²) in [6.07, 6.45) is 0.722. The topological polar surface area (TPSA) is 147 Å². The van der Waals surface area contributed by atoms with Gasteiger partial charge in [0.15, 0.2) is 0 Å². The molecular weight excluding hydrogens is 476 g/mol. The minimum Gasteiger partial charge on any atom is -0.396 e. The van der Waals surface area contributed by atoms with Crippen molar-refractivity contribution in [1.82, 2.24) is 4.90 Å². The number of ether oxygens (including phenoxy) is 1. The number of amides is 2. The fraction of sp³-hybridized carbons (Fsp3) is 0.143. The van der Waals surface area contributed by atoms with Gasteiger partial charge in [-0.05, 0) is 48.0 Å². The average molecular weight is 501 g/mol. The molecule has 0 saturated heterocycles. The third-order valence-corrected chi connectivity index (χ3v) is 5.89. The number of imide groups is 1. The van der Waals surface area contributed by atoms with E-state index >= 15 is 0 Å². The number of rotatable bonds is 3. The molecule has 0 fully saturated rings. The van der Waals surface area contributed by atoms with E-state index in [2.05, 4.69) is 4.74 Å². The maximum atomic E-state index is 12.0. The zero-order valence-corrected chi connectivity index (χ0v) is 19.7. The zero-order valence-electron chi connectivity index (χ0n) is 19.7. The Morgan fingerprint density at radius 2 is 1.05 bits per heavy atom. The van der Waals surface area contributed by atoms with E-state index in [-0.39, 0.29) is 6.61 Å². The number of nitrogens with two attached hydrogens (primary N) is 1. The van der Waals surface area contributed by atoms with Crippen LogP contribution in [0.25, 0.3) is 21.5 Å². The van der Waals surface area contributed by atoms with Crippen LogP contribution in [0.2, 0.25) is 0 Å². The Labute approximate surface area is 211 Å². The Balaban J connectivity index is 0.000000148. The van der Waals surface area contributed by atoms with Gasteiger partial charge in [-0.3, -0.25) is 14.5 Å². The first-order chi connectivity index (χ1) is 17.9. The number of cyclic esters (lactones) is 2. The Hall–Kier alpha value is -4.44. The molecule has 4 aromatic carbocycles. The largest absolute Gasteiger partial charge is 0.396 e. The molecule has 0 aromatic heterocycles. The molecule has 37 heavy (non-hydrogen) atoms. The van der Waals surface area contributed by atoms with Gasteiger partial charge in [-0.2, -0.15) is 0 Å². The standard InChI is InChI=1S/C13H9NO3.C12H6O3.C3H9NO/c15-7-14-12(16)9-5-1-3-8-4-2-6-10(11(8)9)13(14)17;13-11-8-5-1-3-7-4-2-6-9(10(7)8)12(14)15-11;4-2-1-3-5/h1-6,15H,7H2;1-6H;5H,1-4H2. The second kappa shape index (κ2) is 11.1. The number of aliphatic hydroxyl groups is 2. The van der Waals surface area contributed by atoms with Crippen molar-refractivity contribution in [3.63, 3.8) is 0 Å². The first kappa shape index (κ1) is 25.6. The Morgan fingerprint density at radius 3 is 1.41 bits per heavy atom. The Bertz CT molecular complexity index is 1430. The van der Waals surface area contributed by atoms with Crippen LogP contribution in [0.15, 0.2) is 72.8 Å². The van der Waals surface area contributed by atoms with Crippen molar-refractivity contribution in [2.24, 2.45) is 5.73 Å². The van der Waals surface area contributed by atoms with E-state index in [1.807, 2.05) is 24.3 Å². The number of esters is 2. The molecule has 0 radical (unpaired) electrons. The first-order valence-electron chi connectivity index (χ1n) is 11.5. The summed E-state index contributed by atoms with van der Waals surface area (Å²) in [6, 6.07) is 21.2. The van der Waals surface area contributed by atoms with Gasteiger partial charge in [0.05, 0.1) is 11.1 Å². The van der Waals surface area contributed by atoms with Crippen molar-refractivity contribution in [2.75, 3.05) is 19.9 Å². The molecule has 2 aliphatic heterocycles. The molecular formula is C28H24N2O7. The lowest BCUT2D eigenvalue weighted by Crippen LogP contribution is -2.40. The predicted octanol–water partition coefficient (Wildman–Crippen LogP) is 2.86. The van der Waals surface area contributed by atoms with Crippen molar-refractivity contribution in [3.05, 3.63) is 95.1 Å². The van der Waals surface area contributed by atoms with E-state index in [1.54, 1.807) is 48.5 Å². The summed E-state index contributed by atoms with van der Waals surface area (Å²) in [5, 5.41) is 20.2. The van der Waals surface area contributed by atoms with Crippen LogP contribution in [0.4, 0.5) is 0 Å². The van der Waals surface area contributed by atoms with E-state index in [9.17, 15) is 19.2 Å². The maximum absolute atomic E-state index is 12.0. The van der Waals surface area contributed by atoms with Crippen LogP contribution < -0.4 is 5.73 Å². The summed E-state index contributed by atoms with van der Waals surface area (Å²) in [6.45, 7) is 0.218. The van der Waals surface area contributed by atoms with Crippen LogP contribution >= 0.6 is 0 Å². The van der Waals surface area contributed by atoms with Gasteiger partial charge in [0.1, 0.15) is 6.73 Å². The highest BCUT2D eigenvalue weighted by atomic mass is 16.6. The fourth-order valence-electron chi connectivity index (χ4n) is 4.18. The SMILES string of the molecule is NCCCO.O=C1OC(=O)c2cccc3cccc1c23.O=C1c2cccc3cccc(c23)C(=O)N1CO. The molecule has 9 heteroatoms. The average Bonchev–Trinajstić information content (AvgIpc) is 2.92. The van der Waals surface area contributed by atoms with Gasteiger partial charge in [-0.25, -0.2) is 9.59 Å². The monoisotopic (exact) mass is 500 g/mol. The molecule has 6 rings (SSSR count). The van der Waals surface area contributed by atoms with Gasteiger partial charge in [-0.15, -0.1) is 0 Å².